The van der Waals surface area contributed by atoms with Crippen molar-refractivity contribution in [2.45, 2.75) is 44.8 Å². The molecule has 236 valence electrons. The van der Waals surface area contributed by atoms with Gasteiger partial charge in [-0.05, 0) is 59.4 Å². The van der Waals surface area contributed by atoms with Crippen LogP contribution in [-0.4, -0.2) is 31.0 Å². The highest BCUT2D eigenvalue weighted by Gasteiger charge is 2.80. The fraction of sp³-hybridized carbons (Fsp3) is 0.257. The molecular weight excluding hydrogens is 631 g/mol. The van der Waals surface area contributed by atoms with Gasteiger partial charge in [-0.1, -0.05) is 60.7 Å². The second kappa shape index (κ2) is 12.7. The number of thiophene rings is 2. The molecule has 0 saturated heterocycles. The first kappa shape index (κ1) is 32.9. The van der Waals surface area contributed by atoms with Crippen LogP contribution in [0.4, 0.5) is 26.3 Å². The average Bonchev–Trinajstić information content (AvgIpc) is 3.60. The summed E-state index contributed by atoms with van der Waals surface area (Å²) in [6.07, 6.45) is 3.24. The summed E-state index contributed by atoms with van der Waals surface area (Å²) in [4.78, 5) is 1.43. The minimum atomic E-state index is -5.63. The van der Waals surface area contributed by atoms with E-state index in [1.54, 1.807) is 60.7 Å². The van der Waals surface area contributed by atoms with Gasteiger partial charge in [-0.3, -0.25) is 0 Å². The number of allylic oxidation sites excluding steroid dienone is 2. The molecule has 0 bridgehead atoms. The van der Waals surface area contributed by atoms with Crippen molar-refractivity contribution >= 4 is 33.8 Å². The molecule has 5 rings (SSSR count). The Morgan fingerprint density at radius 2 is 0.978 bits per heavy atom. The molecule has 4 aromatic rings. The predicted molar refractivity (Wildman–Crippen MR) is 170 cm³/mol. The molecular formula is C35H30F6O2S2. The molecule has 0 radical (unpaired) electrons. The molecule has 0 spiro atoms. The topological polar surface area (TPSA) is 18.5 Å². The molecule has 0 fully saturated rings. The fourth-order valence-electron chi connectivity index (χ4n) is 5.23. The number of hydrogen-bond donors (Lipinski definition) is 0. The number of aryl methyl sites for hydroxylation is 2. The van der Waals surface area contributed by atoms with E-state index < -0.39 is 28.9 Å². The Balaban J connectivity index is 1.58. The highest BCUT2D eigenvalue weighted by atomic mass is 32.1. The van der Waals surface area contributed by atoms with Gasteiger partial charge in [0.1, 0.15) is 0 Å². The van der Waals surface area contributed by atoms with Crippen LogP contribution >= 0.6 is 22.7 Å². The van der Waals surface area contributed by atoms with Crippen LogP contribution in [-0.2, 0) is 22.7 Å². The first-order chi connectivity index (χ1) is 21.3. The summed E-state index contributed by atoms with van der Waals surface area (Å²) >= 11 is 2.16. The largest absolute Gasteiger partial charge is 0.380 e. The zero-order chi connectivity index (χ0) is 32.6. The van der Waals surface area contributed by atoms with Crippen molar-refractivity contribution in [3.8, 4) is 20.9 Å². The molecule has 0 amide bonds. The zero-order valence-electron chi connectivity index (χ0n) is 24.6. The van der Waals surface area contributed by atoms with Gasteiger partial charge in [0.05, 0.1) is 26.4 Å². The molecule has 0 aliphatic heterocycles. The van der Waals surface area contributed by atoms with Gasteiger partial charge in [0.15, 0.2) is 0 Å². The Labute approximate surface area is 266 Å². The highest BCUT2D eigenvalue weighted by Crippen LogP contribution is 2.66. The van der Waals surface area contributed by atoms with Crippen molar-refractivity contribution in [2.24, 2.45) is 0 Å². The van der Waals surface area contributed by atoms with Crippen molar-refractivity contribution in [3.63, 3.8) is 0 Å². The van der Waals surface area contributed by atoms with Crippen LogP contribution < -0.4 is 0 Å². The van der Waals surface area contributed by atoms with E-state index in [1.165, 1.54) is 26.0 Å². The van der Waals surface area contributed by atoms with Crippen molar-refractivity contribution in [3.05, 3.63) is 118 Å². The summed E-state index contributed by atoms with van der Waals surface area (Å²) in [6, 6.07) is 16.8. The van der Waals surface area contributed by atoms with Crippen LogP contribution in [0.2, 0.25) is 0 Å². The summed E-state index contributed by atoms with van der Waals surface area (Å²) in [5.41, 5.74) is -0.321. The van der Waals surface area contributed by atoms with Crippen LogP contribution in [0.3, 0.4) is 0 Å². The lowest BCUT2D eigenvalue weighted by molar-refractivity contribution is -0.254. The molecule has 0 atom stereocenters. The summed E-state index contributed by atoms with van der Waals surface area (Å²) in [7, 11) is 0. The van der Waals surface area contributed by atoms with Gasteiger partial charge in [0.2, 0.25) is 0 Å². The van der Waals surface area contributed by atoms with Gasteiger partial charge in [0, 0.05) is 30.7 Å². The number of halogens is 6. The standard InChI is InChI=1S/C35H30F6O2S2/c1-5-15-42-19-23-7-11-25(12-8-23)29-17-27(21(3)44-29)31-32(34(38,39)35(40,41)33(31,36)37)28-18-30(45-22(28)4)26-13-9-24(10-14-26)20-43-16-6-2/h5-14,17-18H,1-2,15-16,19-20H2,3-4H3. The molecule has 0 saturated carbocycles. The van der Waals surface area contributed by atoms with Gasteiger partial charge >= 0.3 is 17.8 Å². The first-order valence-corrected chi connectivity index (χ1v) is 15.6. The van der Waals surface area contributed by atoms with E-state index in [1.807, 2.05) is 0 Å². The van der Waals surface area contributed by atoms with Crippen LogP contribution in [0.1, 0.15) is 32.0 Å². The molecule has 45 heavy (non-hydrogen) atoms. The summed E-state index contributed by atoms with van der Waals surface area (Å²) in [5.74, 6) is -15.9. The minimum absolute atomic E-state index is 0.228. The van der Waals surface area contributed by atoms with Crippen molar-refractivity contribution < 1.29 is 35.8 Å². The number of alkyl halides is 6. The predicted octanol–water partition coefficient (Wildman–Crippen LogP) is 11.0. The molecule has 2 aromatic heterocycles. The first-order valence-electron chi connectivity index (χ1n) is 14.0. The maximum Gasteiger partial charge on any atom is 0.380 e. The van der Waals surface area contributed by atoms with E-state index >= 15 is 26.3 Å². The van der Waals surface area contributed by atoms with E-state index in [2.05, 4.69) is 13.2 Å². The van der Waals surface area contributed by atoms with Crippen molar-refractivity contribution in [1.29, 1.82) is 0 Å². The normalized spacial score (nSPS) is 16.7. The van der Waals surface area contributed by atoms with Crippen LogP contribution in [0.15, 0.2) is 86.0 Å². The Hall–Kier alpha value is -3.44. The molecule has 0 unspecified atom stereocenters. The number of rotatable bonds is 12. The number of ether oxygens (including phenoxy) is 2. The molecule has 2 nitrogen and oxygen atoms in total. The third-order valence-electron chi connectivity index (χ3n) is 7.53. The molecule has 2 heterocycles. The minimum Gasteiger partial charge on any atom is -0.373 e. The maximum atomic E-state index is 15.6. The summed E-state index contributed by atoms with van der Waals surface area (Å²) in [5, 5.41) is 0. The van der Waals surface area contributed by atoms with Gasteiger partial charge in [-0.25, -0.2) is 0 Å². The van der Waals surface area contributed by atoms with Gasteiger partial charge in [0.25, 0.3) is 0 Å². The van der Waals surface area contributed by atoms with Crippen LogP contribution in [0, 0.1) is 13.8 Å². The molecule has 2 aromatic carbocycles. The monoisotopic (exact) mass is 660 g/mol. The quantitative estimate of drug-likeness (QED) is 0.0855. The fourth-order valence-corrected chi connectivity index (χ4v) is 7.29. The third kappa shape index (κ3) is 5.96. The van der Waals surface area contributed by atoms with E-state index in [0.717, 1.165) is 33.8 Å². The number of hydrogen-bond acceptors (Lipinski definition) is 4. The third-order valence-corrected chi connectivity index (χ3v) is 9.73. The second-order valence-electron chi connectivity index (χ2n) is 10.6. The lowest BCUT2D eigenvalue weighted by Gasteiger charge is -2.25. The zero-order valence-corrected chi connectivity index (χ0v) is 26.2. The lowest BCUT2D eigenvalue weighted by Crippen LogP contribution is -2.48. The van der Waals surface area contributed by atoms with Gasteiger partial charge < -0.3 is 9.47 Å². The molecule has 10 heteroatoms. The van der Waals surface area contributed by atoms with E-state index in [0.29, 0.717) is 47.3 Å². The Bertz CT molecular complexity index is 1600. The van der Waals surface area contributed by atoms with E-state index in [9.17, 15) is 0 Å². The van der Waals surface area contributed by atoms with Crippen LogP contribution in [0.5, 0.6) is 0 Å². The van der Waals surface area contributed by atoms with Crippen molar-refractivity contribution in [2.75, 3.05) is 13.2 Å². The summed E-state index contributed by atoms with van der Waals surface area (Å²) in [6.45, 7) is 11.6. The van der Waals surface area contributed by atoms with Crippen LogP contribution in [0.25, 0.3) is 32.0 Å². The summed E-state index contributed by atoms with van der Waals surface area (Å²) < 4.78 is 103. The smallest absolute Gasteiger partial charge is 0.373 e. The van der Waals surface area contributed by atoms with Crippen molar-refractivity contribution in [1.82, 2.24) is 0 Å². The highest BCUT2D eigenvalue weighted by molar-refractivity contribution is 7.16. The van der Waals surface area contributed by atoms with Gasteiger partial charge in [-0.2, -0.15) is 26.3 Å². The lowest BCUT2D eigenvalue weighted by atomic mass is 9.94. The van der Waals surface area contributed by atoms with E-state index in [-0.39, 0.29) is 20.9 Å². The Morgan fingerprint density at radius 1 is 0.622 bits per heavy atom. The molecule has 0 N–H and O–H groups in total. The molecule has 1 aliphatic carbocycles. The van der Waals surface area contributed by atoms with E-state index in [4.69, 9.17) is 9.47 Å². The Kier molecular flexibility index (Phi) is 9.33. The Morgan fingerprint density at radius 3 is 1.31 bits per heavy atom. The second-order valence-corrected chi connectivity index (χ2v) is 13.1. The maximum absolute atomic E-state index is 15.6. The van der Waals surface area contributed by atoms with Gasteiger partial charge in [-0.15, -0.1) is 35.8 Å². The number of benzene rings is 2. The SMILES string of the molecule is C=CCOCc1ccc(-c2cc(C3=C(c4cc(-c5ccc(COCC=C)cc5)sc4C)C(F)(F)C(F)(F)C3(F)F)c(C)s2)cc1. The molecule has 1 aliphatic rings. The average molecular weight is 661 g/mol.